The Morgan fingerprint density at radius 1 is 1.35 bits per heavy atom. The van der Waals surface area contributed by atoms with E-state index in [1.54, 1.807) is 12.3 Å². The summed E-state index contributed by atoms with van der Waals surface area (Å²) in [6, 6.07) is 1.76. The van der Waals surface area contributed by atoms with Crippen LogP contribution in [0.5, 0.6) is 5.88 Å². The molecule has 1 N–H and O–H groups in total. The van der Waals surface area contributed by atoms with Crippen molar-refractivity contribution < 1.29 is 4.74 Å². The Balaban J connectivity index is 2.32. The summed E-state index contributed by atoms with van der Waals surface area (Å²) < 4.78 is 5.49. The molecule has 0 unspecified atom stereocenters. The maximum atomic E-state index is 5.61. The van der Waals surface area contributed by atoms with Gasteiger partial charge in [0.25, 0.3) is 0 Å². The molecule has 0 saturated carbocycles. The van der Waals surface area contributed by atoms with Crippen LogP contribution in [0.3, 0.4) is 0 Å². The standard InChI is InChI=1S/C12H20ClN3O/c1-10(2)17-11-6-9-15-12(16-11)14-8-5-3-4-7-13/h6,9-10H,3-5,7-8H2,1-2H3,(H,14,15,16). The topological polar surface area (TPSA) is 47.0 Å². The average molecular weight is 258 g/mol. The Morgan fingerprint density at radius 2 is 2.18 bits per heavy atom. The van der Waals surface area contributed by atoms with E-state index in [0.717, 1.165) is 31.7 Å². The molecule has 0 aliphatic rings. The molecule has 1 aromatic rings. The van der Waals surface area contributed by atoms with Gasteiger partial charge in [-0.05, 0) is 26.7 Å². The first-order valence-electron chi connectivity index (χ1n) is 6.02. The van der Waals surface area contributed by atoms with Gasteiger partial charge in [0.1, 0.15) is 0 Å². The molecule has 0 bridgehead atoms. The minimum absolute atomic E-state index is 0.126. The first-order chi connectivity index (χ1) is 8.22. The monoisotopic (exact) mass is 257 g/mol. The van der Waals surface area contributed by atoms with Gasteiger partial charge in [-0.1, -0.05) is 6.42 Å². The van der Waals surface area contributed by atoms with Crippen LogP contribution in [-0.2, 0) is 0 Å². The highest BCUT2D eigenvalue weighted by Crippen LogP contribution is 2.10. The van der Waals surface area contributed by atoms with Crippen LogP contribution in [0, 0.1) is 0 Å². The van der Waals surface area contributed by atoms with Gasteiger partial charge in [-0.2, -0.15) is 4.98 Å². The van der Waals surface area contributed by atoms with E-state index in [4.69, 9.17) is 16.3 Å². The summed E-state index contributed by atoms with van der Waals surface area (Å²) in [5.41, 5.74) is 0. The number of unbranched alkanes of at least 4 members (excludes halogenated alkanes) is 2. The first-order valence-corrected chi connectivity index (χ1v) is 6.55. The molecule has 5 heteroatoms. The van der Waals surface area contributed by atoms with Gasteiger partial charge in [0.05, 0.1) is 6.10 Å². The summed E-state index contributed by atoms with van der Waals surface area (Å²) in [5, 5.41) is 3.17. The SMILES string of the molecule is CC(C)Oc1ccnc(NCCCCCCl)n1. The number of nitrogens with zero attached hydrogens (tertiary/aromatic N) is 2. The van der Waals surface area contributed by atoms with Crippen molar-refractivity contribution in [2.24, 2.45) is 0 Å². The van der Waals surface area contributed by atoms with Gasteiger partial charge in [-0.15, -0.1) is 11.6 Å². The van der Waals surface area contributed by atoms with Gasteiger partial charge in [-0.3, -0.25) is 0 Å². The molecule has 0 aliphatic carbocycles. The van der Waals surface area contributed by atoms with Crippen LogP contribution >= 0.6 is 11.6 Å². The summed E-state index contributed by atoms with van der Waals surface area (Å²) in [5.74, 6) is 1.96. The summed E-state index contributed by atoms with van der Waals surface area (Å²) in [6.07, 6.45) is 5.08. The fourth-order valence-electron chi connectivity index (χ4n) is 1.33. The molecule has 1 aromatic heterocycles. The summed E-state index contributed by atoms with van der Waals surface area (Å²) in [7, 11) is 0. The molecule has 0 saturated heterocycles. The van der Waals surface area contributed by atoms with Crippen LogP contribution in [0.15, 0.2) is 12.3 Å². The minimum Gasteiger partial charge on any atom is -0.475 e. The van der Waals surface area contributed by atoms with Gasteiger partial charge in [0, 0.05) is 24.7 Å². The van der Waals surface area contributed by atoms with E-state index >= 15 is 0 Å². The molecule has 1 rings (SSSR count). The van der Waals surface area contributed by atoms with Crippen molar-refractivity contribution in [2.45, 2.75) is 39.2 Å². The molecule has 0 spiro atoms. The zero-order chi connectivity index (χ0) is 12.5. The number of aromatic nitrogens is 2. The Bertz CT molecular complexity index is 320. The molecule has 0 aromatic carbocycles. The molecule has 96 valence electrons. The minimum atomic E-state index is 0.126. The third-order valence-electron chi connectivity index (χ3n) is 2.08. The molecular formula is C12H20ClN3O. The highest BCUT2D eigenvalue weighted by molar-refractivity contribution is 6.17. The average Bonchev–Trinajstić information content (AvgIpc) is 2.28. The number of halogens is 1. The van der Waals surface area contributed by atoms with Crippen LogP contribution in [0.2, 0.25) is 0 Å². The smallest absolute Gasteiger partial charge is 0.225 e. The van der Waals surface area contributed by atoms with Crippen molar-refractivity contribution in [3.63, 3.8) is 0 Å². The van der Waals surface area contributed by atoms with Crippen LogP contribution in [-0.4, -0.2) is 28.5 Å². The molecule has 0 fully saturated rings. The normalized spacial score (nSPS) is 10.6. The zero-order valence-electron chi connectivity index (χ0n) is 10.4. The number of hydrogen-bond donors (Lipinski definition) is 1. The van der Waals surface area contributed by atoms with Crippen molar-refractivity contribution in [1.82, 2.24) is 9.97 Å². The fourth-order valence-corrected chi connectivity index (χ4v) is 1.52. The number of nitrogens with one attached hydrogen (secondary N) is 1. The van der Waals surface area contributed by atoms with E-state index in [-0.39, 0.29) is 6.10 Å². The number of hydrogen-bond acceptors (Lipinski definition) is 4. The van der Waals surface area contributed by atoms with E-state index in [0.29, 0.717) is 11.8 Å². The highest BCUT2D eigenvalue weighted by Gasteiger charge is 2.01. The Morgan fingerprint density at radius 3 is 2.88 bits per heavy atom. The lowest BCUT2D eigenvalue weighted by Gasteiger charge is -2.09. The lowest BCUT2D eigenvalue weighted by molar-refractivity contribution is 0.232. The quantitative estimate of drug-likeness (QED) is 0.574. The van der Waals surface area contributed by atoms with Crippen LogP contribution in [0.4, 0.5) is 5.95 Å². The molecule has 1 heterocycles. The van der Waals surface area contributed by atoms with Crippen molar-refractivity contribution in [3.05, 3.63) is 12.3 Å². The fraction of sp³-hybridized carbons (Fsp3) is 0.667. The summed E-state index contributed by atoms with van der Waals surface area (Å²) in [6.45, 7) is 4.81. The molecule has 4 nitrogen and oxygen atoms in total. The van der Waals surface area contributed by atoms with E-state index in [2.05, 4.69) is 15.3 Å². The van der Waals surface area contributed by atoms with Gasteiger partial charge >= 0.3 is 0 Å². The highest BCUT2D eigenvalue weighted by atomic mass is 35.5. The van der Waals surface area contributed by atoms with E-state index in [9.17, 15) is 0 Å². The second kappa shape index (κ2) is 8.12. The van der Waals surface area contributed by atoms with E-state index < -0.39 is 0 Å². The van der Waals surface area contributed by atoms with Gasteiger partial charge < -0.3 is 10.1 Å². The predicted molar refractivity (Wildman–Crippen MR) is 70.9 cm³/mol. The molecule has 0 aliphatic heterocycles. The maximum Gasteiger partial charge on any atom is 0.225 e. The molecule has 17 heavy (non-hydrogen) atoms. The number of rotatable bonds is 8. The predicted octanol–water partition coefficient (Wildman–Crippen LogP) is 3.08. The van der Waals surface area contributed by atoms with Crippen LogP contribution in [0.1, 0.15) is 33.1 Å². The third-order valence-corrected chi connectivity index (χ3v) is 2.35. The Labute approximate surface area is 108 Å². The second-order valence-electron chi connectivity index (χ2n) is 4.06. The van der Waals surface area contributed by atoms with E-state index in [1.165, 1.54) is 0 Å². The van der Waals surface area contributed by atoms with Crippen molar-refractivity contribution in [3.8, 4) is 5.88 Å². The lowest BCUT2D eigenvalue weighted by Crippen LogP contribution is -2.10. The number of anilines is 1. The van der Waals surface area contributed by atoms with Crippen LogP contribution < -0.4 is 10.1 Å². The van der Waals surface area contributed by atoms with Crippen molar-refractivity contribution in [2.75, 3.05) is 17.7 Å². The molecule has 0 amide bonds. The third kappa shape index (κ3) is 6.31. The van der Waals surface area contributed by atoms with Gasteiger partial charge in [0.15, 0.2) is 0 Å². The summed E-state index contributed by atoms with van der Waals surface area (Å²) >= 11 is 5.61. The van der Waals surface area contributed by atoms with Crippen molar-refractivity contribution >= 4 is 17.5 Å². The zero-order valence-corrected chi connectivity index (χ0v) is 11.2. The molecule has 0 radical (unpaired) electrons. The van der Waals surface area contributed by atoms with Gasteiger partial charge in [-0.25, -0.2) is 4.98 Å². The number of alkyl halides is 1. The summed E-state index contributed by atoms with van der Waals surface area (Å²) in [4.78, 5) is 8.40. The first kappa shape index (κ1) is 14.0. The van der Waals surface area contributed by atoms with Crippen molar-refractivity contribution in [1.29, 1.82) is 0 Å². The van der Waals surface area contributed by atoms with Gasteiger partial charge in [0.2, 0.25) is 11.8 Å². The molecular weight excluding hydrogens is 238 g/mol. The number of ether oxygens (including phenoxy) is 1. The maximum absolute atomic E-state index is 5.61. The largest absolute Gasteiger partial charge is 0.475 e. The Hall–Kier alpha value is -1.03. The lowest BCUT2D eigenvalue weighted by atomic mass is 10.2. The molecule has 0 atom stereocenters. The van der Waals surface area contributed by atoms with E-state index in [1.807, 2.05) is 13.8 Å². The van der Waals surface area contributed by atoms with Crippen LogP contribution in [0.25, 0.3) is 0 Å². The Kier molecular flexibility index (Phi) is 6.70. The second-order valence-corrected chi connectivity index (χ2v) is 4.44.